The van der Waals surface area contributed by atoms with Gasteiger partial charge in [0.05, 0.1) is 35.4 Å². The van der Waals surface area contributed by atoms with Gasteiger partial charge in [0.2, 0.25) is 5.91 Å². The van der Waals surface area contributed by atoms with Gasteiger partial charge in [-0.25, -0.2) is 0 Å². The zero-order valence-electron chi connectivity index (χ0n) is 14.4. The number of nitrogens with zero attached hydrogens (tertiary/aromatic N) is 2. The van der Waals surface area contributed by atoms with Crippen LogP contribution in [0, 0.1) is 26.7 Å². The van der Waals surface area contributed by atoms with E-state index < -0.39 is 0 Å². The third kappa shape index (κ3) is 4.16. The number of H-pyrrole nitrogens is 1. The molecule has 6 nitrogen and oxygen atoms in total. The van der Waals surface area contributed by atoms with E-state index in [0.29, 0.717) is 5.92 Å². The summed E-state index contributed by atoms with van der Waals surface area (Å²) in [4.78, 5) is 16.7. The van der Waals surface area contributed by atoms with E-state index in [-0.39, 0.29) is 18.5 Å². The molecule has 0 saturated carbocycles. The molecule has 2 aromatic heterocycles. The second-order valence-electron chi connectivity index (χ2n) is 6.17. The van der Waals surface area contributed by atoms with E-state index in [9.17, 15) is 4.79 Å². The molecule has 2 aromatic rings. The first-order chi connectivity index (χ1) is 10.9. The van der Waals surface area contributed by atoms with Crippen molar-refractivity contribution in [1.82, 2.24) is 20.5 Å². The first-order valence-electron chi connectivity index (χ1n) is 7.86. The van der Waals surface area contributed by atoms with Gasteiger partial charge < -0.3 is 5.32 Å². The average Bonchev–Trinajstić information content (AvgIpc) is 2.81. The molecule has 3 N–H and O–H groups in total. The van der Waals surface area contributed by atoms with Gasteiger partial charge in [-0.3, -0.25) is 20.2 Å². The van der Waals surface area contributed by atoms with Crippen LogP contribution in [0.1, 0.15) is 42.5 Å². The Morgan fingerprint density at radius 3 is 2.61 bits per heavy atom. The van der Waals surface area contributed by atoms with Crippen LogP contribution in [-0.2, 0) is 4.79 Å². The van der Waals surface area contributed by atoms with Gasteiger partial charge >= 0.3 is 0 Å². The molecule has 1 unspecified atom stereocenters. The number of anilines is 1. The fraction of sp³-hybridized carbons (Fsp3) is 0.471. The Kier molecular flexibility index (Phi) is 5.50. The summed E-state index contributed by atoms with van der Waals surface area (Å²) in [7, 11) is 0. The molecule has 6 heteroatoms. The maximum Gasteiger partial charge on any atom is 0.238 e. The molecule has 0 saturated heterocycles. The SMILES string of the molecule is Cc1cccnc1C(NCC(=O)Nc1c(C)n[nH]c1C)C(C)C. The van der Waals surface area contributed by atoms with E-state index in [1.165, 1.54) is 0 Å². The number of aryl methyl sites for hydroxylation is 3. The van der Waals surface area contributed by atoms with Gasteiger partial charge in [-0.1, -0.05) is 19.9 Å². The van der Waals surface area contributed by atoms with Gasteiger partial charge in [-0.15, -0.1) is 0 Å². The minimum Gasteiger partial charge on any atom is -0.322 e. The molecule has 0 aliphatic carbocycles. The molecule has 0 bridgehead atoms. The molecule has 0 aliphatic rings. The minimum atomic E-state index is -0.0863. The highest BCUT2D eigenvalue weighted by molar-refractivity contribution is 5.93. The summed E-state index contributed by atoms with van der Waals surface area (Å²) in [6.45, 7) is 10.3. The summed E-state index contributed by atoms with van der Waals surface area (Å²) in [5.41, 5.74) is 4.52. The van der Waals surface area contributed by atoms with E-state index in [2.05, 4.69) is 39.7 Å². The Balaban J connectivity index is 2.02. The van der Waals surface area contributed by atoms with Crippen molar-refractivity contribution >= 4 is 11.6 Å². The number of hydrogen-bond donors (Lipinski definition) is 3. The Hall–Kier alpha value is -2.21. The number of carbonyl (C=O) groups excluding carboxylic acids is 1. The highest BCUT2D eigenvalue weighted by Crippen LogP contribution is 2.22. The van der Waals surface area contributed by atoms with Crippen molar-refractivity contribution in [3.05, 3.63) is 41.0 Å². The molecule has 0 aromatic carbocycles. The lowest BCUT2D eigenvalue weighted by Crippen LogP contribution is -2.34. The van der Waals surface area contributed by atoms with Crippen molar-refractivity contribution in [3.8, 4) is 0 Å². The van der Waals surface area contributed by atoms with Crippen molar-refractivity contribution < 1.29 is 4.79 Å². The van der Waals surface area contributed by atoms with Gasteiger partial charge in [-0.05, 0) is 38.3 Å². The first kappa shape index (κ1) is 17.1. The van der Waals surface area contributed by atoms with Crippen LogP contribution in [0.4, 0.5) is 5.69 Å². The van der Waals surface area contributed by atoms with Gasteiger partial charge in [0, 0.05) is 6.20 Å². The number of rotatable bonds is 6. The summed E-state index contributed by atoms with van der Waals surface area (Å²) < 4.78 is 0. The van der Waals surface area contributed by atoms with Crippen LogP contribution in [0.25, 0.3) is 0 Å². The monoisotopic (exact) mass is 315 g/mol. The summed E-state index contributed by atoms with van der Waals surface area (Å²) in [6, 6.07) is 4.00. The van der Waals surface area contributed by atoms with Crippen LogP contribution in [0.2, 0.25) is 0 Å². The summed E-state index contributed by atoms with van der Waals surface area (Å²) in [6.07, 6.45) is 1.79. The van der Waals surface area contributed by atoms with Crippen molar-refractivity contribution in [1.29, 1.82) is 0 Å². The van der Waals surface area contributed by atoms with Crippen LogP contribution < -0.4 is 10.6 Å². The molecular formula is C17H25N5O. The normalized spacial score (nSPS) is 12.4. The smallest absolute Gasteiger partial charge is 0.238 e. The number of pyridine rings is 1. The third-order valence-electron chi connectivity index (χ3n) is 3.89. The summed E-state index contributed by atoms with van der Waals surface area (Å²) in [5, 5.41) is 13.2. The Morgan fingerprint density at radius 2 is 2.04 bits per heavy atom. The maximum atomic E-state index is 12.2. The molecule has 2 rings (SSSR count). The van der Waals surface area contributed by atoms with Crippen molar-refractivity contribution in [2.45, 2.75) is 40.7 Å². The molecule has 0 aliphatic heterocycles. The van der Waals surface area contributed by atoms with Gasteiger partial charge in [0.25, 0.3) is 0 Å². The zero-order valence-corrected chi connectivity index (χ0v) is 14.4. The second-order valence-corrected chi connectivity index (χ2v) is 6.17. The molecule has 1 amide bonds. The quantitative estimate of drug-likeness (QED) is 0.765. The van der Waals surface area contributed by atoms with Gasteiger partial charge in [0.15, 0.2) is 0 Å². The minimum absolute atomic E-state index is 0.0356. The highest BCUT2D eigenvalue weighted by Gasteiger charge is 2.20. The topological polar surface area (TPSA) is 82.7 Å². The van der Waals surface area contributed by atoms with Crippen LogP contribution >= 0.6 is 0 Å². The van der Waals surface area contributed by atoms with Crippen LogP contribution in [-0.4, -0.2) is 27.6 Å². The second kappa shape index (κ2) is 7.37. The number of amides is 1. The lowest BCUT2D eigenvalue weighted by atomic mass is 9.97. The van der Waals surface area contributed by atoms with E-state index >= 15 is 0 Å². The van der Waals surface area contributed by atoms with E-state index in [4.69, 9.17) is 0 Å². The van der Waals surface area contributed by atoms with E-state index in [1.807, 2.05) is 32.9 Å². The maximum absolute atomic E-state index is 12.2. The highest BCUT2D eigenvalue weighted by atomic mass is 16.1. The van der Waals surface area contributed by atoms with E-state index in [0.717, 1.165) is 28.3 Å². The third-order valence-corrected chi connectivity index (χ3v) is 3.89. The lowest BCUT2D eigenvalue weighted by Gasteiger charge is -2.23. The molecular weight excluding hydrogens is 290 g/mol. The molecule has 23 heavy (non-hydrogen) atoms. The number of carbonyl (C=O) groups is 1. The van der Waals surface area contributed by atoms with Crippen molar-refractivity contribution in [2.75, 3.05) is 11.9 Å². The average molecular weight is 315 g/mol. The molecule has 2 heterocycles. The van der Waals surface area contributed by atoms with Gasteiger partial charge in [-0.2, -0.15) is 5.10 Å². The van der Waals surface area contributed by atoms with Gasteiger partial charge in [0.1, 0.15) is 0 Å². The van der Waals surface area contributed by atoms with E-state index in [1.54, 1.807) is 6.20 Å². The lowest BCUT2D eigenvalue weighted by molar-refractivity contribution is -0.115. The number of aromatic nitrogens is 3. The number of aromatic amines is 1. The Bertz CT molecular complexity index is 658. The molecule has 0 radical (unpaired) electrons. The number of nitrogens with one attached hydrogen (secondary N) is 3. The predicted octanol–water partition coefficient (Wildman–Crippen LogP) is 2.66. The Labute approximate surface area is 137 Å². The summed E-state index contributed by atoms with van der Waals surface area (Å²) in [5.74, 6) is 0.241. The van der Waals surface area contributed by atoms with Crippen molar-refractivity contribution in [3.63, 3.8) is 0 Å². The first-order valence-corrected chi connectivity index (χ1v) is 7.86. The Morgan fingerprint density at radius 1 is 1.30 bits per heavy atom. The molecule has 124 valence electrons. The number of hydrogen-bond acceptors (Lipinski definition) is 4. The van der Waals surface area contributed by atoms with Crippen LogP contribution in [0.3, 0.4) is 0 Å². The molecule has 0 spiro atoms. The standard InChI is InChI=1S/C17H25N5O/c1-10(2)15(16-11(3)7-6-8-18-16)19-9-14(23)20-17-12(4)21-22-13(17)5/h6-8,10,15,19H,9H2,1-5H3,(H,20,23)(H,21,22). The zero-order chi connectivity index (χ0) is 17.0. The van der Waals surface area contributed by atoms with Crippen LogP contribution in [0.5, 0.6) is 0 Å². The molecule has 0 fully saturated rings. The van der Waals surface area contributed by atoms with Crippen molar-refractivity contribution in [2.24, 2.45) is 5.92 Å². The largest absolute Gasteiger partial charge is 0.322 e. The van der Waals surface area contributed by atoms with Crippen LogP contribution in [0.15, 0.2) is 18.3 Å². The fourth-order valence-corrected chi connectivity index (χ4v) is 2.59. The fourth-order valence-electron chi connectivity index (χ4n) is 2.59. The molecule has 1 atom stereocenters. The summed E-state index contributed by atoms with van der Waals surface area (Å²) >= 11 is 0. The predicted molar refractivity (Wildman–Crippen MR) is 91.2 cm³/mol.